The molecule has 0 N–H and O–H groups in total. The van der Waals surface area contributed by atoms with Crippen molar-refractivity contribution < 1.29 is 43.9 Å². The average Bonchev–Trinajstić information content (AvgIpc) is 2.07. The third kappa shape index (κ3) is 1.17. The summed E-state index contributed by atoms with van der Waals surface area (Å²) < 4.78 is 121. The Hall–Kier alpha value is -0.740. The minimum absolute atomic E-state index is 0.604. The summed E-state index contributed by atoms with van der Waals surface area (Å²) in [6, 6.07) is -6.14. The van der Waals surface area contributed by atoms with Gasteiger partial charge in [-0.25, -0.2) is 4.39 Å². The fourth-order valence-corrected chi connectivity index (χ4v) is 0.972. The third-order valence-electron chi connectivity index (χ3n) is 1.86. The van der Waals surface area contributed by atoms with Crippen LogP contribution in [0.5, 0.6) is 0 Å². The van der Waals surface area contributed by atoms with Crippen LogP contribution >= 0.6 is 0 Å². The van der Waals surface area contributed by atoms with E-state index in [4.69, 9.17) is 0 Å². The molecule has 1 heterocycles. The highest BCUT2D eigenvalue weighted by molar-refractivity contribution is 5.16. The number of rotatable bonds is 0. The summed E-state index contributed by atoms with van der Waals surface area (Å²) in [4.78, 5) is 0. The smallest absolute Gasteiger partial charge is 0.207 e. The molecule has 95 valence electrons. The molecule has 0 amide bonds. The molecule has 1 atom stereocenters. The number of halogens is 10. The Bertz CT molecular complexity index is 305. The Morgan fingerprint density at radius 3 is 1.19 bits per heavy atom. The molecular formula is C5F10N. The van der Waals surface area contributed by atoms with E-state index < -0.39 is 29.9 Å². The van der Waals surface area contributed by atoms with Crippen LogP contribution in [-0.4, -0.2) is 29.9 Å². The molecule has 11 heteroatoms. The van der Waals surface area contributed by atoms with Crippen molar-refractivity contribution in [2.75, 3.05) is 0 Å². The molecule has 1 aliphatic heterocycles. The zero-order valence-electron chi connectivity index (χ0n) is 6.73. The quantitative estimate of drug-likeness (QED) is 0.471. The van der Waals surface area contributed by atoms with Crippen LogP contribution in [0.4, 0.5) is 43.9 Å². The Labute approximate surface area is 80.4 Å². The molecule has 1 nitrogen and oxygen atoms in total. The molecule has 0 bridgehead atoms. The zero-order chi connectivity index (χ0) is 13.2. The van der Waals surface area contributed by atoms with Crippen molar-refractivity contribution in [2.45, 2.75) is 29.9 Å². The van der Waals surface area contributed by atoms with Gasteiger partial charge in [0.15, 0.2) is 0 Å². The molecule has 0 aromatic rings. The van der Waals surface area contributed by atoms with E-state index in [2.05, 4.69) is 0 Å². The van der Waals surface area contributed by atoms with Crippen LogP contribution in [0.1, 0.15) is 0 Å². The molecule has 1 radical (unpaired) electrons. The van der Waals surface area contributed by atoms with Crippen molar-refractivity contribution in [3.63, 3.8) is 0 Å². The Morgan fingerprint density at radius 1 is 0.688 bits per heavy atom. The average molecular weight is 264 g/mol. The lowest BCUT2D eigenvalue weighted by molar-refractivity contribution is -0.337. The highest BCUT2D eigenvalue weighted by Crippen LogP contribution is 2.61. The van der Waals surface area contributed by atoms with Gasteiger partial charge in [0.1, 0.15) is 0 Å². The maximum atomic E-state index is 12.6. The van der Waals surface area contributed by atoms with Gasteiger partial charge in [-0.05, 0) is 0 Å². The topological polar surface area (TPSA) is 14.1 Å². The summed E-state index contributed by atoms with van der Waals surface area (Å²) >= 11 is 0. The van der Waals surface area contributed by atoms with E-state index >= 15 is 0 Å². The first-order valence-corrected chi connectivity index (χ1v) is 3.34. The maximum Gasteiger partial charge on any atom is 0.444 e. The van der Waals surface area contributed by atoms with Gasteiger partial charge in [0.05, 0.1) is 0 Å². The van der Waals surface area contributed by atoms with Crippen LogP contribution in [0, 0.1) is 0 Å². The predicted octanol–water partition coefficient (Wildman–Crippen LogP) is 2.70. The lowest BCUT2D eigenvalue weighted by Crippen LogP contribution is -2.60. The number of hydrogen-bond donors (Lipinski definition) is 0. The molecule has 0 aromatic heterocycles. The van der Waals surface area contributed by atoms with Crippen LogP contribution in [0.2, 0.25) is 0 Å². The van der Waals surface area contributed by atoms with Crippen molar-refractivity contribution in [1.82, 2.24) is 5.32 Å². The van der Waals surface area contributed by atoms with Crippen molar-refractivity contribution >= 4 is 0 Å². The maximum absolute atomic E-state index is 12.6. The van der Waals surface area contributed by atoms with Gasteiger partial charge in [0.25, 0.3) is 0 Å². The van der Waals surface area contributed by atoms with Gasteiger partial charge in [-0.3, -0.25) is 0 Å². The van der Waals surface area contributed by atoms with Gasteiger partial charge < -0.3 is 0 Å². The predicted molar refractivity (Wildman–Crippen MR) is 26.9 cm³/mol. The zero-order valence-corrected chi connectivity index (χ0v) is 6.73. The molecule has 16 heavy (non-hydrogen) atoms. The summed E-state index contributed by atoms with van der Waals surface area (Å²) in [5.41, 5.74) is 0. The van der Waals surface area contributed by atoms with E-state index in [0.717, 1.165) is 0 Å². The van der Waals surface area contributed by atoms with Crippen molar-refractivity contribution in [3.05, 3.63) is 0 Å². The minimum Gasteiger partial charge on any atom is -0.207 e. The molecule has 0 saturated carbocycles. The molecule has 1 saturated heterocycles. The third-order valence-corrected chi connectivity index (χ3v) is 1.86. The molecule has 0 aromatic carbocycles. The van der Waals surface area contributed by atoms with E-state index in [1.54, 1.807) is 0 Å². The second-order valence-corrected chi connectivity index (χ2v) is 2.92. The second kappa shape index (κ2) is 2.74. The second-order valence-electron chi connectivity index (χ2n) is 2.92. The van der Waals surface area contributed by atoms with Gasteiger partial charge in [0.2, 0.25) is 0 Å². The van der Waals surface area contributed by atoms with E-state index in [1.165, 1.54) is 0 Å². The van der Waals surface area contributed by atoms with Crippen LogP contribution in [0.3, 0.4) is 0 Å². The van der Waals surface area contributed by atoms with Crippen LogP contribution in [0.15, 0.2) is 0 Å². The SMILES string of the molecule is FC(F)(F)C1(F)[N]C(F)(F)C(F)(F)C1(F)F. The summed E-state index contributed by atoms with van der Waals surface area (Å²) in [5, 5.41) is 0.604. The van der Waals surface area contributed by atoms with Crippen LogP contribution < -0.4 is 5.32 Å². The first kappa shape index (κ1) is 13.3. The van der Waals surface area contributed by atoms with Crippen molar-refractivity contribution in [2.24, 2.45) is 0 Å². The Balaban J connectivity index is 3.41. The van der Waals surface area contributed by atoms with Gasteiger partial charge in [-0.15, -0.1) is 5.32 Å². The summed E-state index contributed by atoms with van der Waals surface area (Å²) in [5.74, 6) is -19.5. The van der Waals surface area contributed by atoms with E-state index in [1.807, 2.05) is 0 Å². The fraction of sp³-hybridized carbons (Fsp3) is 1.00. The monoisotopic (exact) mass is 264 g/mol. The summed E-state index contributed by atoms with van der Waals surface area (Å²) in [7, 11) is 0. The first-order chi connectivity index (χ1) is 6.71. The van der Waals surface area contributed by atoms with Gasteiger partial charge in [-0.1, -0.05) is 0 Å². The standard InChI is InChI=1S/C5F10N/c6-1(7)2(8,9)5(14,15)16-3(1,10)4(11,12)13. The molecule has 1 aliphatic rings. The highest BCUT2D eigenvalue weighted by Gasteiger charge is 2.95. The summed E-state index contributed by atoms with van der Waals surface area (Å²) in [6.07, 6.45) is -6.68. The Morgan fingerprint density at radius 2 is 1.06 bits per heavy atom. The van der Waals surface area contributed by atoms with E-state index in [0.29, 0.717) is 5.32 Å². The fourth-order valence-electron chi connectivity index (χ4n) is 0.972. The van der Waals surface area contributed by atoms with Crippen LogP contribution in [0.25, 0.3) is 0 Å². The number of hydrogen-bond acceptors (Lipinski definition) is 0. The molecule has 0 aliphatic carbocycles. The first-order valence-electron chi connectivity index (χ1n) is 3.34. The molecular weight excluding hydrogens is 264 g/mol. The van der Waals surface area contributed by atoms with Gasteiger partial charge in [-0.2, -0.15) is 39.5 Å². The number of nitrogens with zero attached hydrogens (tertiary/aromatic N) is 1. The largest absolute Gasteiger partial charge is 0.444 e. The van der Waals surface area contributed by atoms with Crippen LogP contribution in [-0.2, 0) is 0 Å². The van der Waals surface area contributed by atoms with Crippen molar-refractivity contribution in [1.29, 1.82) is 0 Å². The van der Waals surface area contributed by atoms with Gasteiger partial charge in [0, 0.05) is 0 Å². The lowest BCUT2D eigenvalue weighted by Gasteiger charge is -2.28. The molecule has 1 fully saturated rings. The highest BCUT2D eigenvalue weighted by atomic mass is 19.4. The van der Waals surface area contributed by atoms with E-state index in [-0.39, 0.29) is 0 Å². The minimum atomic E-state index is -6.68. The Kier molecular flexibility index (Phi) is 2.28. The number of alkyl halides is 10. The summed E-state index contributed by atoms with van der Waals surface area (Å²) in [6.45, 7) is 0. The molecule has 1 rings (SSSR count). The van der Waals surface area contributed by atoms with E-state index in [9.17, 15) is 43.9 Å². The van der Waals surface area contributed by atoms with Gasteiger partial charge >= 0.3 is 29.9 Å². The molecule has 1 unspecified atom stereocenters. The lowest BCUT2D eigenvalue weighted by atomic mass is 10.1. The molecule has 0 spiro atoms. The van der Waals surface area contributed by atoms with Crippen molar-refractivity contribution in [3.8, 4) is 0 Å². The normalized spacial score (nSPS) is 36.4.